The number of esters is 1. The Morgan fingerprint density at radius 1 is 0.940 bits per heavy atom. The Bertz CT molecular complexity index is 1820. The van der Waals surface area contributed by atoms with Gasteiger partial charge in [-0.25, -0.2) is 0 Å². The van der Waals surface area contributed by atoms with E-state index in [4.69, 9.17) is 28.4 Å². The molecule has 388 valence electrons. The van der Waals surface area contributed by atoms with E-state index in [0.29, 0.717) is 13.1 Å². The molecule has 1 aromatic carbocycles. The van der Waals surface area contributed by atoms with Crippen molar-refractivity contribution in [3.8, 4) is 0 Å². The number of carbonyl (C=O) groups is 1. The van der Waals surface area contributed by atoms with Crippen LogP contribution in [0.5, 0.6) is 0 Å². The number of carbonyl (C=O) groups excluding carboxylic acids is 1. The first kappa shape index (κ1) is 57.7. The van der Waals surface area contributed by atoms with Gasteiger partial charge in [-0.15, -0.1) is 0 Å². The number of aliphatic hydroxyl groups excluding tert-OH is 2. The van der Waals surface area contributed by atoms with E-state index in [0.717, 1.165) is 16.3 Å². The molecule has 0 unspecified atom stereocenters. The molecule has 0 radical (unpaired) electrons. The monoisotopic (exact) mass is 975 g/mol. The number of benzene rings is 1. The van der Waals surface area contributed by atoms with Crippen molar-refractivity contribution in [3.63, 3.8) is 0 Å². The van der Waals surface area contributed by atoms with Gasteiger partial charge in [0.25, 0.3) is 10.2 Å². The highest BCUT2D eigenvalue weighted by Gasteiger charge is 2.58. The standard InChI is InChI=1S/C48H86N4O14S/c1-15-22-49-28-48(58)34(8)63-38(25-46(48,10)61-14)65-40-31(5)42(45(9,56)24-29(3)26-50-33(7)41(54)47(11,57)37(16-2)64-43(55)32(40)6)66-44-39(53)36(23-30(4)62-44)52(13)67(59,60)51(12)27-35-20-18-17-19-21-35/h17-21,29-34,36-42,44,49-50,53-54,56-58H,15-16,22-28H2,1-14H3/t29-,30-,31+,32-,33-,34+,36+,37-,38+,39-,40+,41-,42-,44+,45-,46-,47-,48+/m1/s1. The molecule has 0 saturated carbocycles. The average molecular weight is 975 g/mol. The van der Waals surface area contributed by atoms with Gasteiger partial charge in [-0.05, 0) is 98.7 Å². The Kier molecular flexibility index (Phi) is 20.3. The molecule has 7 N–H and O–H groups in total. The summed E-state index contributed by atoms with van der Waals surface area (Å²) in [6.07, 6.45) is -9.25. The van der Waals surface area contributed by atoms with Gasteiger partial charge in [0.1, 0.15) is 35.1 Å². The Labute approximate surface area is 400 Å². The lowest BCUT2D eigenvalue weighted by atomic mass is 9.75. The minimum Gasteiger partial charge on any atom is -0.459 e. The summed E-state index contributed by atoms with van der Waals surface area (Å²) in [6, 6.07) is 7.48. The van der Waals surface area contributed by atoms with Gasteiger partial charge in [-0.2, -0.15) is 17.0 Å². The van der Waals surface area contributed by atoms with Gasteiger partial charge in [0.05, 0.1) is 42.0 Å². The predicted octanol–water partition coefficient (Wildman–Crippen LogP) is 2.68. The summed E-state index contributed by atoms with van der Waals surface area (Å²) >= 11 is 0. The molecule has 3 aliphatic rings. The normalized spacial score (nSPS) is 42.3. The van der Waals surface area contributed by atoms with Gasteiger partial charge >= 0.3 is 5.97 Å². The third-order valence-corrected chi connectivity index (χ3v) is 16.7. The summed E-state index contributed by atoms with van der Waals surface area (Å²) in [7, 11) is 0.253. The smallest absolute Gasteiger partial charge is 0.311 e. The van der Waals surface area contributed by atoms with Crippen LogP contribution in [0.25, 0.3) is 0 Å². The third kappa shape index (κ3) is 13.1. The van der Waals surface area contributed by atoms with Crippen LogP contribution in [0.1, 0.15) is 114 Å². The zero-order valence-corrected chi connectivity index (χ0v) is 43.4. The first-order valence-corrected chi connectivity index (χ1v) is 25.6. The maximum Gasteiger partial charge on any atom is 0.311 e. The molecule has 19 heteroatoms. The lowest BCUT2D eigenvalue weighted by Gasteiger charge is -2.53. The highest BCUT2D eigenvalue weighted by atomic mass is 32.2. The number of likely N-dealkylation sites (N-methyl/N-ethyl adjacent to an activating group) is 1. The Morgan fingerprint density at radius 2 is 1.58 bits per heavy atom. The van der Waals surface area contributed by atoms with E-state index in [1.54, 1.807) is 55.4 Å². The van der Waals surface area contributed by atoms with Crippen molar-refractivity contribution >= 4 is 16.2 Å². The van der Waals surface area contributed by atoms with Crippen LogP contribution >= 0.6 is 0 Å². The fraction of sp³-hybridized carbons (Fsp3) is 0.854. The molecule has 3 aliphatic heterocycles. The molecule has 18 atom stereocenters. The summed E-state index contributed by atoms with van der Waals surface area (Å²) in [5, 5.41) is 66.9. The van der Waals surface area contributed by atoms with E-state index in [1.807, 2.05) is 44.2 Å². The van der Waals surface area contributed by atoms with E-state index in [-0.39, 0.29) is 44.7 Å². The molecule has 3 fully saturated rings. The second-order valence-electron chi connectivity index (χ2n) is 20.5. The number of ether oxygens (including phenoxy) is 6. The van der Waals surface area contributed by atoms with Gasteiger partial charge < -0.3 is 64.6 Å². The molecule has 1 aromatic rings. The number of nitrogens with one attached hydrogen (secondary N) is 2. The van der Waals surface area contributed by atoms with Crippen LogP contribution in [0.15, 0.2) is 30.3 Å². The summed E-state index contributed by atoms with van der Waals surface area (Å²) in [5.74, 6) is -3.13. The largest absolute Gasteiger partial charge is 0.459 e. The maximum absolute atomic E-state index is 14.5. The Balaban J connectivity index is 1.80. The molecule has 0 spiro atoms. The minimum atomic E-state index is -4.13. The Morgan fingerprint density at radius 3 is 2.18 bits per heavy atom. The summed E-state index contributed by atoms with van der Waals surface area (Å²) in [6.45, 7) is 20.2. The van der Waals surface area contributed by atoms with Crippen molar-refractivity contribution < 1.29 is 67.2 Å². The fourth-order valence-corrected chi connectivity index (χ4v) is 11.7. The highest BCUT2D eigenvalue weighted by Crippen LogP contribution is 2.43. The first-order valence-electron chi connectivity index (χ1n) is 24.2. The second kappa shape index (κ2) is 23.5. The molecule has 67 heavy (non-hydrogen) atoms. The molecule has 18 nitrogen and oxygen atoms in total. The van der Waals surface area contributed by atoms with Crippen molar-refractivity contribution in [2.45, 2.75) is 205 Å². The second-order valence-corrected chi connectivity index (χ2v) is 22.6. The lowest BCUT2D eigenvalue weighted by molar-refractivity contribution is -0.336. The molecular formula is C48H86N4O14S. The Hall–Kier alpha value is -1.92. The van der Waals surface area contributed by atoms with Crippen LogP contribution in [-0.2, 0) is 50.0 Å². The fourth-order valence-electron chi connectivity index (χ4n) is 10.4. The van der Waals surface area contributed by atoms with E-state index in [9.17, 15) is 38.7 Å². The maximum atomic E-state index is 14.5. The van der Waals surface area contributed by atoms with Crippen LogP contribution in [0, 0.1) is 17.8 Å². The molecule has 0 amide bonds. The van der Waals surface area contributed by atoms with Crippen molar-refractivity contribution in [1.82, 2.24) is 19.2 Å². The number of nitrogens with zero attached hydrogens (tertiary/aromatic N) is 2. The summed E-state index contributed by atoms with van der Waals surface area (Å²) in [5.41, 5.74) is -5.55. The summed E-state index contributed by atoms with van der Waals surface area (Å²) < 4.78 is 69.0. The highest BCUT2D eigenvalue weighted by molar-refractivity contribution is 7.86. The van der Waals surface area contributed by atoms with Gasteiger partial charge in [0.2, 0.25) is 0 Å². The average Bonchev–Trinajstić information content (AvgIpc) is 3.27. The first-order chi connectivity index (χ1) is 31.1. The lowest BCUT2D eigenvalue weighted by Crippen LogP contribution is -2.70. The van der Waals surface area contributed by atoms with Gasteiger partial charge in [-0.3, -0.25) is 4.79 Å². The summed E-state index contributed by atoms with van der Waals surface area (Å²) in [4.78, 5) is 14.5. The number of hydrogen-bond acceptors (Lipinski definition) is 16. The van der Waals surface area contributed by atoms with Gasteiger partial charge in [0, 0.05) is 52.7 Å². The zero-order chi connectivity index (χ0) is 50.4. The minimum absolute atomic E-state index is 0.0211. The topological polar surface area (TPSA) is 238 Å². The molecule has 3 saturated heterocycles. The number of cyclic esters (lactones) is 1. The quantitative estimate of drug-likeness (QED) is 0.0989. The van der Waals surface area contributed by atoms with Crippen molar-refractivity contribution in [1.29, 1.82) is 0 Å². The molecular weight excluding hydrogens is 889 g/mol. The number of hydrogen-bond donors (Lipinski definition) is 7. The van der Waals surface area contributed by atoms with Crippen molar-refractivity contribution in [3.05, 3.63) is 35.9 Å². The van der Waals surface area contributed by atoms with Crippen molar-refractivity contribution in [2.24, 2.45) is 17.8 Å². The molecule has 0 aliphatic carbocycles. The van der Waals surface area contributed by atoms with E-state index in [2.05, 4.69) is 10.6 Å². The van der Waals surface area contributed by atoms with Gasteiger partial charge in [0.15, 0.2) is 12.6 Å². The predicted molar refractivity (Wildman–Crippen MR) is 253 cm³/mol. The molecule has 3 heterocycles. The molecule has 0 aromatic heterocycles. The number of methoxy groups -OCH3 is 1. The van der Waals surface area contributed by atoms with E-state index < -0.39 is 118 Å². The third-order valence-electron chi connectivity index (χ3n) is 14.8. The van der Waals surface area contributed by atoms with Crippen LogP contribution in [-0.4, -0.2) is 179 Å². The molecule has 4 rings (SSSR count). The number of rotatable bonds is 15. The van der Waals surface area contributed by atoms with Crippen LogP contribution < -0.4 is 10.6 Å². The van der Waals surface area contributed by atoms with Crippen LogP contribution in [0.2, 0.25) is 0 Å². The zero-order valence-electron chi connectivity index (χ0n) is 42.5. The van der Waals surface area contributed by atoms with Crippen molar-refractivity contribution in [2.75, 3.05) is 40.8 Å². The van der Waals surface area contributed by atoms with Crippen LogP contribution in [0.3, 0.4) is 0 Å². The van der Waals surface area contributed by atoms with Crippen LogP contribution in [0.4, 0.5) is 0 Å². The van der Waals surface area contributed by atoms with E-state index in [1.165, 1.54) is 32.4 Å². The SMILES string of the molecule is CCCNC[C@]1(O)[C@H](C)O[C@@H](O[C@H]2[C@H](C)[C@@H](O[C@@H]3O[C@H](C)C[C@H](N(C)S(=O)(=O)N(C)Cc4ccccc4)[C@H]3O)[C@](C)(O)C[C@@H](C)CN[C@H](C)[C@@H](O)[C@](C)(O)[C@@H](CC)OC(=O)[C@@H]2C)C[C@@]1(C)OC. The van der Waals surface area contributed by atoms with Gasteiger partial charge in [-0.1, -0.05) is 58.0 Å². The number of aliphatic hydroxyl groups is 5. The molecule has 0 bridgehead atoms. The van der Waals surface area contributed by atoms with E-state index >= 15 is 0 Å².